The second-order valence-electron chi connectivity index (χ2n) is 4.08. The highest BCUT2D eigenvalue weighted by Crippen LogP contribution is 2.12. The number of hydrogen-bond donors (Lipinski definition) is 0. The summed E-state index contributed by atoms with van der Waals surface area (Å²) in [6.07, 6.45) is 1.83. The van der Waals surface area contributed by atoms with Gasteiger partial charge in [0.25, 0.3) is 0 Å². The lowest BCUT2D eigenvalue weighted by Gasteiger charge is -2.06. The maximum Gasteiger partial charge on any atom is 0.128 e. The Hall–Kier alpha value is -1.64. The van der Waals surface area contributed by atoms with Crippen molar-refractivity contribution in [3.63, 3.8) is 0 Å². The molecule has 0 amide bonds. The molecule has 0 unspecified atom stereocenters. The molecule has 0 N–H and O–H groups in total. The summed E-state index contributed by atoms with van der Waals surface area (Å²) in [6, 6.07) is 8.96. The number of halogens is 1. The maximum absolute atomic E-state index is 13.6. The molecule has 0 spiro atoms. The number of nitrogens with zero attached hydrogens (tertiary/aromatic N) is 2. The zero-order valence-electron chi connectivity index (χ0n) is 10.3. The number of hydrogen-bond acceptors (Lipinski definition) is 1. The highest BCUT2D eigenvalue weighted by Gasteiger charge is 2.08. The zero-order valence-corrected chi connectivity index (χ0v) is 10.3. The maximum atomic E-state index is 13.6. The lowest BCUT2D eigenvalue weighted by molar-refractivity contribution is 0.574. The van der Waals surface area contributed by atoms with E-state index in [0.29, 0.717) is 12.1 Å². The van der Waals surface area contributed by atoms with E-state index in [2.05, 4.69) is 25.0 Å². The number of benzene rings is 1. The van der Waals surface area contributed by atoms with Crippen LogP contribution in [-0.2, 0) is 19.4 Å². The summed E-state index contributed by atoms with van der Waals surface area (Å²) < 4.78 is 15.5. The summed E-state index contributed by atoms with van der Waals surface area (Å²) in [5.41, 5.74) is 2.91. The van der Waals surface area contributed by atoms with Gasteiger partial charge < -0.3 is 0 Å². The van der Waals surface area contributed by atoms with Gasteiger partial charge in [0.05, 0.1) is 12.2 Å². The SMILES string of the molecule is CCc1cc(CC)n(Cc2ccccc2F)n1. The molecule has 1 heterocycles. The predicted octanol–water partition coefficient (Wildman–Crippen LogP) is 3.20. The fraction of sp³-hybridized carbons (Fsp3) is 0.357. The molecule has 2 nitrogen and oxygen atoms in total. The topological polar surface area (TPSA) is 17.8 Å². The molecule has 2 rings (SSSR count). The Morgan fingerprint density at radius 1 is 1.18 bits per heavy atom. The molecule has 0 saturated heterocycles. The van der Waals surface area contributed by atoms with E-state index in [-0.39, 0.29) is 5.82 Å². The van der Waals surface area contributed by atoms with E-state index in [1.54, 1.807) is 6.07 Å². The van der Waals surface area contributed by atoms with Gasteiger partial charge in [-0.25, -0.2) is 4.39 Å². The molecule has 90 valence electrons. The van der Waals surface area contributed by atoms with Crippen LogP contribution >= 0.6 is 0 Å². The van der Waals surface area contributed by atoms with Crippen LogP contribution in [-0.4, -0.2) is 9.78 Å². The van der Waals surface area contributed by atoms with Gasteiger partial charge in [0.1, 0.15) is 5.82 Å². The molecule has 0 saturated carbocycles. The van der Waals surface area contributed by atoms with Crippen molar-refractivity contribution in [2.45, 2.75) is 33.2 Å². The van der Waals surface area contributed by atoms with Crippen molar-refractivity contribution in [3.05, 3.63) is 53.1 Å². The van der Waals surface area contributed by atoms with Crippen LogP contribution in [0.2, 0.25) is 0 Å². The Balaban J connectivity index is 2.29. The first-order chi connectivity index (χ1) is 8.24. The standard InChI is InChI=1S/C14H17FN2/c1-3-12-9-13(4-2)17(16-12)10-11-7-5-6-8-14(11)15/h5-9H,3-4,10H2,1-2H3. The van der Waals surface area contributed by atoms with Crippen molar-refractivity contribution in [2.24, 2.45) is 0 Å². The largest absolute Gasteiger partial charge is 0.265 e. The Morgan fingerprint density at radius 3 is 2.59 bits per heavy atom. The van der Waals surface area contributed by atoms with Crippen molar-refractivity contribution < 1.29 is 4.39 Å². The Labute approximate surface area is 101 Å². The summed E-state index contributed by atoms with van der Waals surface area (Å²) in [5, 5.41) is 4.49. The summed E-state index contributed by atoms with van der Waals surface area (Å²) in [5.74, 6) is -0.164. The van der Waals surface area contributed by atoms with Gasteiger partial charge in [0.15, 0.2) is 0 Å². The zero-order chi connectivity index (χ0) is 12.3. The minimum atomic E-state index is -0.164. The number of aryl methyl sites for hydroxylation is 2. The molecule has 0 fully saturated rings. The Kier molecular flexibility index (Phi) is 3.57. The van der Waals surface area contributed by atoms with Gasteiger partial charge in [-0.3, -0.25) is 4.68 Å². The van der Waals surface area contributed by atoms with E-state index >= 15 is 0 Å². The van der Waals surface area contributed by atoms with Crippen LogP contribution in [0.3, 0.4) is 0 Å². The van der Waals surface area contributed by atoms with Gasteiger partial charge >= 0.3 is 0 Å². The molecule has 1 aromatic heterocycles. The quantitative estimate of drug-likeness (QED) is 0.791. The van der Waals surface area contributed by atoms with E-state index in [1.165, 1.54) is 6.07 Å². The first kappa shape index (κ1) is 11.8. The summed E-state index contributed by atoms with van der Waals surface area (Å²) in [7, 11) is 0. The molecule has 0 atom stereocenters. The third kappa shape index (κ3) is 2.54. The summed E-state index contributed by atoms with van der Waals surface area (Å²) in [4.78, 5) is 0. The van der Waals surface area contributed by atoms with Gasteiger partial charge in [-0.05, 0) is 25.0 Å². The summed E-state index contributed by atoms with van der Waals surface area (Å²) >= 11 is 0. The second-order valence-corrected chi connectivity index (χ2v) is 4.08. The monoisotopic (exact) mass is 232 g/mol. The fourth-order valence-corrected chi connectivity index (χ4v) is 1.90. The van der Waals surface area contributed by atoms with Crippen molar-refractivity contribution in [1.82, 2.24) is 9.78 Å². The van der Waals surface area contributed by atoms with Gasteiger partial charge in [-0.1, -0.05) is 32.0 Å². The number of rotatable bonds is 4. The van der Waals surface area contributed by atoms with E-state index in [0.717, 1.165) is 24.2 Å². The average Bonchev–Trinajstić information content (AvgIpc) is 2.74. The van der Waals surface area contributed by atoms with E-state index in [9.17, 15) is 4.39 Å². The van der Waals surface area contributed by atoms with Crippen LogP contribution < -0.4 is 0 Å². The third-order valence-corrected chi connectivity index (χ3v) is 2.92. The highest BCUT2D eigenvalue weighted by molar-refractivity contribution is 5.19. The van der Waals surface area contributed by atoms with Crippen molar-refractivity contribution in [3.8, 4) is 0 Å². The van der Waals surface area contributed by atoms with Crippen LogP contribution in [0.4, 0.5) is 4.39 Å². The minimum absolute atomic E-state index is 0.164. The first-order valence-corrected chi connectivity index (χ1v) is 6.03. The highest BCUT2D eigenvalue weighted by atomic mass is 19.1. The van der Waals surface area contributed by atoms with E-state index in [1.807, 2.05) is 16.8 Å². The average molecular weight is 232 g/mol. The van der Waals surface area contributed by atoms with Crippen LogP contribution in [0.5, 0.6) is 0 Å². The molecule has 0 radical (unpaired) electrons. The molecular weight excluding hydrogens is 215 g/mol. The fourth-order valence-electron chi connectivity index (χ4n) is 1.90. The molecule has 2 aromatic rings. The first-order valence-electron chi connectivity index (χ1n) is 6.03. The van der Waals surface area contributed by atoms with Crippen LogP contribution in [0.1, 0.15) is 30.8 Å². The Bertz CT molecular complexity index is 503. The molecule has 0 bridgehead atoms. The van der Waals surface area contributed by atoms with E-state index in [4.69, 9.17) is 0 Å². The van der Waals surface area contributed by atoms with Crippen molar-refractivity contribution in [1.29, 1.82) is 0 Å². The summed E-state index contributed by atoms with van der Waals surface area (Å²) in [6.45, 7) is 4.68. The molecule has 1 aromatic carbocycles. The third-order valence-electron chi connectivity index (χ3n) is 2.92. The molecule has 0 aliphatic carbocycles. The lowest BCUT2D eigenvalue weighted by atomic mass is 10.2. The van der Waals surface area contributed by atoms with Gasteiger partial charge in [0.2, 0.25) is 0 Å². The molecule has 0 aliphatic rings. The lowest BCUT2D eigenvalue weighted by Crippen LogP contribution is -2.07. The smallest absolute Gasteiger partial charge is 0.128 e. The normalized spacial score (nSPS) is 10.8. The molecular formula is C14H17FN2. The van der Waals surface area contributed by atoms with Gasteiger partial charge in [-0.15, -0.1) is 0 Å². The van der Waals surface area contributed by atoms with Crippen LogP contribution in [0.25, 0.3) is 0 Å². The van der Waals surface area contributed by atoms with Gasteiger partial charge in [0, 0.05) is 11.3 Å². The van der Waals surface area contributed by atoms with Crippen LogP contribution in [0.15, 0.2) is 30.3 Å². The molecule has 0 aliphatic heterocycles. The predicted molar refractivity (Wildman–Crippen MR) is 66.5 cm³/mol. The van der Waals surface area contributed by atoms with E-state index < -0.39 is 0 Å². The second kappa shape index (κ2) is 5.13. The Morgan fingerprint density at radius 2 is 1.94 bits per heavy atom. The van der Waals surface area contributed by atoms with Crippen molar-refractivity contribution in [2.75, 3.05) is 0 Å². The molecule has 3 heteroatoms. The van der Waals surface area contributed by atoms with Crippen molar-refractivity contribution >= 4 is 0 Å². The minimum Gasteiger partial charge on any atom is -0.265 e. The molecule has 17 heavy (non-hydrogen) atoms. The van der Waals surface area contributed by atoms with Gasteiger partial charge in [-0.2, -0.15) is 5.10 Å². The van der Waals surface area contributed by atoms with Crippen LogP contribution in [0, 0.1) is 5.82 Å². The number of aromatic nitrogens is 2.